The molecule has 0 unspecified atom stereocenters. The number of hydrogen-bond acceptors (Lipinski definition) is 3. The van der Waals surface area contributed by atoms with Crippen molar-refractivity contribution < 1.29 is 27.5 Å². The molecule has 6 heteroatoms. The molecule has 0 spiro atoms. The smallest absolute Gasteiger partial charge is 0.389 e. The van der Waals surface area contributed by atoms with Crippen molar-refractivity contribution in [2.45, 2.75) is 25.4 Å². The van der Waals surface area contributed by atoms with Crippen LogP contribution in [0.5, 0.6) is 0 Å². The highest BCUT2D eigenvalue weighted by Gasteiger charge is 2.37. The summed E-state index contributed by atoms with van der Waals surface area (Å²) < 4.78 is 39.6. The number of hydrogen-bond donors (Lipinski definition) is 0. The van der Waals surface area contributed by atoms with Crippen LogP contribution in [0.15, 0.2) is 0 Å². The van der Waals surface area contributed by atoms with Crippen LogP contribution in [0.3, 0.4) is 0 Å². The highest BCUT2D eigenvalue weighted by atomic mass is 19.4. The second kappa shape index (κ2) is 3.35. The summed E-state index contributed by atoms with van der Waals surface area (Å²) in [7, 11) is 0. The zero-order valence-corrected chi connectivity index (χ0v) is 6.56. The number of carbonyl (C=O) groups excluding carboxylic acids is 2. The molecule has 0 aromatic rings. The first-order valence-corrected chi connectivity index (χ1v) is 3.67. The number of rotatable bonds is 1. The van der Waals surface area contributed by atoms with Gasteiger partial charge in [-0.05, 0) is 5.92 Å². The molecule has 1 fully saturated rings. The first kappa shape index (κ1) is 10.0. The lowest BCUT2D eigenvalue weighted by atomic mass is 9.95. The molecular formula is C7H7F3O3. The predicted molar refractivity (Wildman–Crippen MR) is 34.5 cm³/mol. The van der Waals surface area contributed by atoms with Gasteiger partial charge in [-0.15, -0.1) is 0 Å². The molecule has 0 radical (unpaired) electrons. The highest BCUT2D eigenvalue weighted by molar-refractivity contribution is 5.88. The minimum atomic E-state index is -4.33. The van der Waals surface area contributed by atoms with Crippen LogP contribution in [0.4, 0.5) is 13.2 Å². The fourth-order valence-corrected chi connectivity index (χ4v) is 1.23. The van der Waals surface area contributed by atoms with Crippen LogP contribution >= 0.6 is 0 Å². The van der Waals surface area contributed by atoms with Crippen molar-refractivity contribution in [1.29, 1.82) is 0 Å². The summed E-state index contributed by atoms with van der Waals surface area (Å²) in [5.74, 6) is -2.69. The van der Waals surface area contributed by atoms with E-state index in [1.165, 1.54) is 0 Å². The molecule has 0 atom stereocenters. The van der Waals surface area contributed by atoms with Gasteiger partial charge in [0.1, 0.15) is 0 Å². The average molecular weight is 196 g/mol. The molecule has 1 rings (SSSR count). The van der Waals surface area contributed by atoms with Gasteiger partial charge in [-0.1, -0.05) is 0 Å². The molecule has 0 saturated carbocycles. The Bertz CT molecular complexity index is 218. The van der Waals surface area contributed by atoms with Crippen molar-refractivity contribution in [3.05, 3.63) is 0 Å². The molecule has 0 aromatic carbocycles. The molecule has 74 valence electrons. The van der Waals surface area contributed by atoms with E-state index in [0.717, 1.165) is 0 Å². The Morgan fingerprint density at radius 2 is 1.69 bits per heavy atom. The van der Waals surface area contributed by atoms with Gasteiger partial charge in [0.25, 0.3) is 0 Å². The van der Waals surface area contributed by atoms with Gasteiger partial charge in [0, 0.05) is 19.3 Å². The zero-order valence-electron chi connectivity index (χ0n) is 6.56. The number of halogens is 3. The van der Waals surface area contributed by atoms with Gasteiger partial charge < -0.3 is 4.74 Å². The zero-order chi connectivity index (χ0) is 10.1. The Morgan fingerprint density at radius 3 is 2.08 bits per heavy atom. The third-order valence-corrected chi connectivity index (χ3v) is 1.66. The van der Waals surface area contributed by atoms with Gasteiger partial charge in [0.15, 0.2) is 0 Å². The topological polar surface area (TPSA) is 43.4 Å². The molecule has 0 amide bonds. The van der Waals surface area contributed by atoms with Crippen LogP contribution in [-0.2, 0) is 14.3 Å². The lowest BCUT2D eigenvalue weighted by molar-refractivity contribution is -0.172. The molecule has 1 saturated heterocycles. The van der Waals surface area contributed by atoms with Crippen molar-refractivity contribution in [1.82, 2.24) is 0 Å². The number of alkyl halides is 3. The number of cyclic esters (lactones) is 2. The molecule has 3 nitrogen and oxygen atoms in total. The van der Waals surface area contributed by atoms with Gasteiger partial charge in [0.05, 0.1) is 0 Å². The Balaban J connectivity index is 2.51. The predicted octanol–water partition coefficient (Wildman–Crippen LogP) is 1.42. The van der Waals surface area contributed by atoms with E-state index < -0.39 is 30.5 Å². The molecule has 0 N–H and O–H groups in total. The maximum atomic E-state index is 11.8. The first-order valence-electron chi connectivity index (χ1n) is 3.67. The van der Waals surface area contributed by atoms with E-state index in [-0.39, 0.29) is 12.8 Å². The van der Waals surface area contributed by atoms with Gasteiger partial charge in [-0.25, -0.2) is 0 Å². The molecular weight excluding hydrogens is 189 g/mol. The second-order valence-electron chi connectivity index (χ2n) is 2.94. The summed E-state index contributed by atoms with van der Waals surface area (Å²) in [4.78, 5) is 21.1. The fourth-order valence-electron chi connectivity index (χ4n) is 1.23. The van der Waals surface area contributed by atoms with Gasteiger partial charge in [0.2, 0.25) is 0 Å². The third-order valence-electron chi connectivity index (χ3n) is 1.66. The molecule has 0 bridgehead atoms. The van der Waals surface area contributed by atoms with Crippen LogP contribution in [0.2, 0.25) is 0 Å². The Kier molecular flexibility index (Phi) is 2.58. The van der Waals surface area contributed by atoms with Crippen molar-refractivity contribution in [3.63, 3.8) is 0 Å². The SMILES string of the molecule is O=C1CC(CC(F)(F)F)CC(=O)O1. The number of carbonyl (C=O) groups is 2. The summed E-state index contributed by atoms with van der Waals surface area (Å²) >= 11 is 0. The molecule has 1 aliphatic heterocycles. The van der Waals surface area contributed by atoms with E-state index in [9.17, 15) is 22.8 Å². The van der Waals surface area contributed by atoms with Crippen LogP contribution in [0.25, 0.3) is 0 Å². The van der Waals surface area contributed by atoms with Crippen molar-refractivity contribution in [3.8, 4) is 0 Å². The minimum absolute atomic E-state index is 0.328. The monoisotopic (exact) mass is 196 g/mol. The summed E-state index contributed by atoms with van der Waals surface area (Å²) in [6.07, 6.45) is -6.09. The van der Waals surface area contributed by atoms with Crippen molar-refractivity contribution in [2.75, 3.05) is 0 Å². The molecule has 0 aliphatic carbocycles. The normalized spacial score (nSPS) is 20.2. The first-order chi connectivity index (χ1) is 5.87. The highest BCUT2D eigenvalue weighted by Crippen LogP contribution is 2.30. The Labute approximate surface area is 71.9 Å². The number of ether oxygens (including phenoxy) is 1. The maximum Gasteiger partial charge on any atom is 0.389 e. The maximum absolute atomic E-state index is 11.8. The van der Waals surface area contributed by atoms with Crippen LogP contribution < -0.4 is 0 Å². The van der Waals surface area contributed by atoms with Crippen molar-refractivity contribution in [2.24, 2.45) is 5.92 Å². The van der Waals surface area contributed by atoms with E-state index >= 15 is 0 Å². The molecule has 1 heterocycles. The molecule has 13 heavy (non-hydrogen) atoms. The lowest BCUT2D eigenvalue weighted by Gasteiger charge is -2.20. The van der Waals surface area contributed by atoms with E-state index in [0.29, 0.717) is 0 Å². The molecule has 1 aliphatic rings. The Hall–Kier alpha value is -1.07. The van der Waals surface area contributed by atoms with E-state index in [4.69, 9.17) is 0 Å². The van der Waals surface area contributed by atoms with Crippen LogP contribution in [0, 0.1) is 5.92 Å². The largest absolute Gasteiger partial charge is 0.393 e. The van der Waals surface area contributed by atoms with Gasteiger partial charge in [-0.3, -0.25) is 9.59 Å². The number of esters is 2. The van der Waals surface area contributed by atoms with E-state index in [1.54, 1.807) is 0 Å². The average Bonchev–Trinajstić information content (AvgIpc) is 1.78. The van der Waals surface area contributed by atoms with E-state index in [1.807, 2.05) is 0 Å². The van der Waals surface area contributed by atoms with Crippen molar-refractivity contribution >= 4 is 11.9 Å². The summed E-state index contributed by atoms with van der Waals surface area (Å²) in [5, 5.41) is 0. The van der Waals surface area contributed by atoms with Gasteiger partial charge >= 0.3 is 18.1 Å². The summed E-state index contributed by atoms with van der Waals surface area (Å²) in [6, 6.07) is 0. The quantitative estimate of drug-likeness (QED) is 0.470. The fraction of sp³-hybridized carbons (Fsp3) is 0.714. The summed E-state index contributed by atoms with van der Waals surface area (Å²) in [6.45, 7) is 0. The standard InChI is InChI=1S/C7H7F3O3/c8-7(9,10)3-4-1-5(11)13-6(12)2-4/h4H,1-3H2. The lowest BCUT2D eigenvalue weighted by Crippen LogP contribution is -2.28. The van der Waals surface area contributed by atoms with Crippen LogP contribution in [0.1, 0.15) is 19.3 Å². The summed E-state index contributed by atoms with van der Waals surface area (Å²) in [5.41, 5.74) is 0. The molecule has 0 aromatic heterocycles. The van der Waals surface area contributed by atoms with Gasteiger partial charge in [-0.2, -0.15) is 13.2 Å². The third kappa shape index (κ3) is 3.43. The Morgan fingerprint density at radius 1 is 1.23 bits per heavy atom. The van der Waals surface area contributed by atoms with E-state index in [2.05, 4.69) is 4.74 Å². The second-order valence-corrected chi connectivity index (χ2v) is 2.94. The minimum Gasteiger partial charge on any atom is -0.393 e. The van der Waals surface area contributed by atoms with Crippen LogP contribution in [-0.4, -0.2) is 18.1 Å².